The van der Waals surface area contributed by atoms with Crippen molar-refractivity contribution in [3.8, 4) is 0 Å². The van der Waals surface area contributed by atoms with Gasteiger partial charge in [0.15, 0.2) is 5.96 Å². The van der Waals surface area contributed by atoms with Gasteiger partial charge in [-0.25, -0.2) is 4.79 Å². The highest BCUT2D eigenvalue weighted by Gasteiger charge is 2.40. The van der Waals surface area contributed by atoms with E-state index in [2.05, 4.69) is 31.6 Å². The van der Waals surface area contributed by atoms with Gasteiger partial charge in [0.1, 0.15) is 30.2 Å². The van der Waals surface area contributed by atoms with E-state index in [4.69, 9.17) is 17.2 Å². The van der Waals surface area contributed by atoms with Crippen molar-refractivity contribution in [2.75, 3.05) is 26.7 Å². The molecule has 3 fully saturated rings. The lowest BCUT2D eigenvalue weighted by molar-refractivity contribution is -0.143. The summed E-state index contributed by atoms with van der Waals surface area (Å²) in [6, 6.07) is 4.05. The molecule has 1 aromatic rings. The summed E-state index contributed by atoms with van der Waals surface area (Å²) in [5, 5.41) is 24.7. The number of carboxylic acids is 1. The van der Waals surface area contributed by atoms with Crippen LogP contribution in [0.5, 0.6) is 0 Å². The van der Waals surface area contributed by atoms with Gasteiger partial charge >= 0.3 is 5.97 Å². The molecule has 1 aliphatic heterocycles. The van der Waals surface area contributed by atoms with E-state index in [1.807, 2.05) is 30.3 Å². The third-order valence-corrected chi connectivity index (χ3v) is 12.8. The van der Waals surface area contributed by atoms with Gasteiger partial charge in [0, 0.05) is 13.1 Å². The second kappa shape index (κ2) is 26.6. The van der Waals surface area contributed by atoms with E-state index in [-0.39, 0.29) is 42.6 Å². The summed E-state index contributed by atoms with van der Waals surface area (Å²) in [5.41, 5.74) is 17.6. The number of carbonyl (C=O) groups excluding carboxylic acids is 5. The summed E-state index contributed by atoms with van der Waals surface area (Å²) in [7, 11) is 1.70. The van der Waals surface area contributed by atoms with E-state index in [1.54, 1.807) is 7.05 Å². The van der Waals surface area contributed by atoms with Crippen LogP contribution in [0.1, 0.15) is 128 Å². The van der Waals surface area contributed by atoms with Crippen LogP contribution < -0.4 is 43.8 Å². The number of likely N-dealkylation sites (N-methyl/N-ethyl adjacent to an activating group) is 1. The Kier molecular flexibility index (Phi) is 21.4. The van der Waals surface area contributed by atoms with Crippen molar-refractivity contribution in [2.24, 2.45) is 34.0 Å². The fourth-order valence-corrected chi connectivity index (χ4v) is 9.25. The average Bonchev–Trinajstić information content (AvgIpc) is 3.77. The molecule has 62 heavy (non-hydrogen) atoms. The van der Waals surface area contributed by atoms with Gasteiger partial charge in [-0.2, -0.15) is 0 Å². The van der Waals surface area contributed by atoms with Gasteiger partial charge in [0.05, 0.1) is 6.04 Å². The number of carboxylic acid groups (broad SMARTS) is 1. The Morgan fingerprint density at radius 1 is 0.694 bits per heavy atom. The maximum atomic E-state index is 14.4. The van der Waals surface area contributed by atoms with Gasteiger partial charge in [-0.3, -0.25) is 29.0 Å². The maximum absolute atomic E-state index is 14.4. The minimum absolute atomic E-state index is 0.0836. The van der Waals surface area contributed by atoms with Crippen LogP contribution in [-0.2, 0) is 35.2 Å². The average molecular weight is 867 g/mol. The number of unbranched alkanes of at least 4 members (excludes halogenated alkanes) is 1. The largest absolute Gasteiger partial charge is 0.480 e. The van der Waals surface area contributed by atoms with Crippen molar-refractivity contribution in [2.45, 2.75) is 165 Å². The predicted molar refractivity (Wildman–Crippen MR) is 238 cm³/mol. The molecule has 346 valence electrons. The first-order chi connectivity index (χ1) is 29.9. The number of carbonyl (C=O) groups is 6. The zero-order valence-corrected chi connectivity index (χ0v) is 36.8. The van der Waals surface area contributed by atoms with Crippen molar-refractivity contribution < 1.29 is 33.9 Å². The van der Waals surface area contributed by atoms with Gasteiger partial charge in [-0.1, -0.05) is 94.5 Å². The third-order valence-electron chi connectivity index (χ3n) is 12.8. The van der Waals surface area contributed by atoms with E-state index in [0.29, 0.717) is 70.9 Å². The molecule has 1 saturated heterocycles. The van der Waals surface area contributed by atoms with E-state index < -0.39 is 59.9 Å². The molecule has 6 atom stereocenters. The molecule has 0 radical (unpaired) electrons. The van der Waals surface area contributed by atoms with E-state index in [9.17, 15) is 33.9 Å². The minimum atomic E-state index is -1.22. The Hall–Kier alpha value is -4.77. The number of nitrogens with zero attached hydrogens (tertiary/aromatic N) is 2. The van der Waals surface area contributed by atoms with E-state index >= 15 is 0 Å². The number of guanidine groups is 1. The number of aliphatic carboxylic acids is 1. The van der Waals surface area contributed by atoms with Crippen LogP contribution in [0.15, 0.2) is 35.3 Å². The number of nitrogens with one attached hydrogen (secondary N) is 5. The summed E-state index contributed by atoms with van der Waals surface area (Å²) in [6.07, 6.45) is 13.9. The Bertz CT molecular complexity index is 1610. The molecule has 1 heterocycles. The third kappa shape index (κ3) is 16.5. The summed E-state index contributed by atoms with van der Waals surface area (Å²) >= 11 is 0. The molecule has 2 aliphatic carbocycles. The first-order valence-corrected chi connectivity index (χ1v) is 23.1. The molecule has 0 spiro atoms. The summed E-state index contributed by atoms with van der Waals surface area (Å²) in [5.74, 6) is -3.23. The van der Waals surface area contributed by atoms with Crippen molar-refractivity contribution in [3.63, 3.8) is 0 Å². The number of likely N-dealkylation sites (tertiary alicyclic amines) is 1. The molecule has 0 aromatic heterocycles. The number of aliphatic imine (C=N–C) groups is 1. The summed E-state index contributed by atoms with van der Waals surface area (Å²) in [4.78, 5) is 88.3. The minimum Gasteiger partial charge on any atom is -0.480 e. The molecular formula is C45H74N10O7. The molecule has 4 rings (SSSR count). The Balaban J connectivity index is 1.51. The molecule has 3 aliphatic rings. The van der Waals surface area contributed by atoms with Crippen LogP contribution in [0.25, 0.3) is 0 Å². The molecule has 1 aromatic carbocycles. The number of hydrogen-bond acceptors (Lipinski definition) is 9. The van der Waals surface area contributed by atoms with E-state index in [1.165, 1.54) is 4.90 Å². The van der Waals surface area contributed by atoms with Gasteiger partial charge < -0.3 is 53.8 Å². The number of amides is 5. The highest BCUT2D eigenvalue weighted by atomic mass is 16.4. The molecular weight excluding hydrogens is 793 g/mol. The number of rotatable bonds is 25. The smallest absolute Gasteiger partial charge is 0.326 e. The highest BCUT2D eigenvalue weighted by molar-refractivity contribution is 5.96. The highest BCUT2D eigenvalue weighted by Crippen LogP contribution is 2.30. The van der Waals surface area contributed by atoms with Gasteiger partial charge in [-0.15, -0.1) is 0 Å². The normalized spacial score (nSPS) is 19.6. The van der Waals surface area contributed by atoms with Crippen molar-refractivity contribution >= 4 is 41.5 Å². The second-order valence-corrected chi connectivity index (χ2v) is 17.5. The van der Waals surface area contributed by atoms with Crippen molar-refractivity contribution in [1.29, 1.82) is 0 Å². The van der Waals surface area contributed by atoms with Crippen LogP contribution in [0.3, 0.4) is 0 Å². The maximum Gasteiger partial charge on any atom is 0.326 e. The molecule has 5 amide bonds. The van der Waals surface area contributed by atoms with Gasteiger partial charge in [0.25, 0.3) is 0 Å². The van der Waals surface area contributed by atoms with Gasteiger partial charge in [-0.05, 0) is 95.2 Å². The standard InChI is InChI=1S/C45H74N10O7/c1-49-35(27-30-15-5-2-6-16-30)39(56)51-33(21-11-12-24-46)43(60)55-26-14-23-38(55)42(59)54-37(29-32-19-9-4-10-20-32)41(58)53-36(28-31-17-7-3-8-18-31)40(57)52-34(44(61)62)22-13-25-50-45(47)48/h2,5-6,15-16,31-38,49H,3-4,7-14,17-29,46H2,1H3,(H,51,56)(H,52,57)(H,53,58)(H,54,59)(H,61,62)(H4,47,48,50)/t33-,34+,35-,36-,37+,38-/m0/s1. The Morgan fingerprint density at radius 3 is 1.81 bits per heavy atom. The molecule has 0 bridgehead atoms. The number of hydrogen-bond donors (Lipinski definition) is 9. The summed E-state index contributed by atoms with van der Waals surface area (Å²) in [6.45, 7) is 0.955. The quantitative estimate of drug-likeness (QED) is 0.0389. The van der Waals surface area contributed by atoms with Crippen LogP contribution in [0.4, 0.5) is 0 Å². The number of benzene rings is 1. The van der Waals surface area contributed by atoms with Crippen molar-refractivity contribution in [1.82, 2.24) is 31.5 Å². The topological polar surface area (TPSA) is 276 Å². The van der Waals surface area contributed by atoms with Crippen LogP contribution >= 0.6 is 0 Å². The molecule has 2 saturated carbocycles. The van der Waals surface area contributed by atoms with Crippen LogP contribution in [0.2, 0.25) is 0 Å². The first kappa shape index (κ1) is 49.9. The Morgan fingerprint density at radius 2 is 1.24 bits per heavy atom. The van der Waals surface area contributed by atoms with E-state index in [0.717, 1.165) is 69.8 Å². The lowest BCUT2D eigenvalue weighted by Gasteiger charge is -2.32. The lowest BCUT2D eigenvalue weighted by Crippen LogP contribution is -2.59. The zero-order valence-electron chi connectivity index (χ0n) is 36.8. The first-order valence-electron chi connectivity index (χ1n) is 23.1. The fraction of sp³-hybridized carbons (Fsp3) is 0.711. The SMILES string of the molecule is CN[C@@H](Cc1ccccc1)C(=O)N[C@@H](CCCCN)C(=O)N1CCC[C@H]1C(=O)N[C@H](CC1CCCCC1)C(=O)N[C@@H](CC1CCCCC1)C(=O)N[C@H](CCCN=C(N)N)C(=O)O. The second-order valence-electron chi connectivity index (χ2n) is 17.5. The van der Waals surface area contributed by atoms with Gasteiger partial charge in [0.2, 0.25) is 29.5 Å². The molecule has 0 unspecified atom stereocenters. The molecule has 17 nitrogen and oxygen atoms in total. The fourth-order valence-electron chi connectivity index (χ4n) is 9.25. The Labute approximate surface area is 367 Å². The lowest BCUT2D eigenvalue weighted by atomic mass is 9.83. The molecule has 12 N–H and O–H groups in total. The summed E-state index contributed by atoms with van der Waals surface area (Å²) < 4.78 is 0. The van der Waals surface area contributed by atoms with Crippen LogP contribution in [-0.4, -0.2) is 114 Å². The van der Waals surface area contributed by atoms with Crippen molar-refractivity contribution in [3.05, 3.63) is 35.9 Å². The van der Waals surface area contributed by atoms with Crippen LogP contribution in [0, 0.1) is 11.8 Å². The monoisotopic (exact) mass is 867 g/mol. The zero-order chi connectivity index (χ0) is 44.9. The molecule has 17 heteroatoms. The predicted octanol–water partition coefficient (Wildman–Crippen LogP) is 1.96. The number of nitrogens with two attached hydrogens (primary N) is 3.